The molecule has 5 heteroatoms. The summed E-state index contributed by atoms with van der Waals surface area (Å²) in [6.45, 7) is 6.55. The van der Waals surface area contributed by atoms with Crippen molar-refractivity contribution in [1.29, 1.82) is 0 Å². The first kappa shape index (κ1) is 11.5. The molecule has 82 valence electrons. The zero-order valence-corrected chi connectivity index (χ0v) is 9.72. The second-order valence-corrected chi connectivity index (χ2v) is 5.62. The fraction of sp³-hybridized carbons (Fsp3) is 0.889. The van der Waals surface area contributed by atoms with Gasteiger partial charge in [0, 0.05) is 41.9 Å². The van der Waals surface area contributed by atoms with Crippen LogP contribution in [0, 0.1) is 5.92 Å². The predicted molar refractivity (Wildman–Crippen MR) is 60.8 cm³/mol. The Labute approximate surface area is 88.0 Å². The maximum atomic E-state index is 11.1. The third kappa shape index (κ3) is 3.65. The lowest BCUT2D eigenvalue weighted by Crippen LogP contribution is -2.45. The third-order valence-corrected chi connectivity index (χ3v) is 3.40. The molecule has 1 fully saturated rings. The molecule has 0 spiro atoms. The van der Waals surface area contributed by atoms with Crippen LogP contribution in [-0.2, 0) is 10.8 Å². The molecular formula is C9H19N3OS. The van der Waals surface area contributed by atoms with Gasteiger partial charge in [0.25, 0.3) is 0 Å². The maximum absolute atomic E-state index is 11.1. The van der Waals surface area contributed by atoms with Gasteiger partial charge in [0.05, 0.1) is 0 Å². The quantitative estimate of drug-likeness (QED) is 0.524. The van der Waals surface area contributed by atoms with Gasteiger partial charge in [-0.25, -0.2) is 0 Å². The minimum Gasteiger partial charge on any atom is -0.370 e. The number of nitrogens with two attached hydrogens (primary N) is 1. The van der Waals surface area contributed by atoms with E-state index in [-0.39, 0.29) is 0 Å². The zero-order valence-electron chi connectivity index (χ0n) is 8.90. The summed E-state index contributed by atoms with van der Waals surface area (Å²) >= 11 is 0. The zero-order chi connectivity index (χ0) is 10.6. The Morgan fingerprint density at radius 3 is 2.57 bits per heavy atom. The smallest absolute Gasteiger partial charge is 0.191 e. The molecule has 0 aromatic carbocycles. The van der Waals surface area contributed by atoms with Gasteiger partial charge in [0.15, 0.2) is 5.96 Å². The van der Waals surface area contributed by atoms with Crippen LogP contribution in [-0.4, -0.2) is 46.2 Å². The number of rotatable bonds is 2. The predicted octanol–water partition coefficient (Wildman–Crippen LogP) is 0.0214. The van der Waals surface area contributed by atoms with Crippen molar-refractivity contribution in [3.8, 4) is 0 Å². The van der Waals surface area contributed by atoms with Crippen LogP contribution in [0.15, 0.2) is 4.99 Å². The minimum absolute atomic E-state index is 0.535. The van der Waals surface area contributed by atoms with Crippen molar-refractivity contribution >= 4 is 16.8 Å². The van der Waals surface area contributed by atoms with Crippen molar-refractivity contribution < 1.29 is 4.21 Å². The molecular weight excluding hydrogens is 198 g/mol. The van der Waals surface area contributed by atoms with Crippen molar-refractivity contribution in [1.82, 2.24) is 4.90 Å². The molecule has 0 saturated carbocycles. The van der Waals surface area contributed by atoms with Gasteiger partial charge in [-0.2, -0.15) is 0 Å². The van der Waals surface area contributed by atoms with E-state index >= 15 is 0 Å². The molecule has 1 heterocycles. The van der Waals surface area contributed by atoms with Crippen molar-refractivity contribution in [3.63, 3.8) is 0 Å². The summed E-state index contributed by atoms with van der Waals surface area (Å²) in [6.07, 6.45) is 0. The Bertz CT molecular complexity index is 230. The average Bonchev–Trinajstić information content (AvgIpc) is 2.15. The Kier molecular flexibility index (Phi) is 4.38. The van der Waals surface area contributed by atoms with Gasteiger partial charge in [-0.3, -0.25) is 9.20 Å². The Hall–Kier alpha value is -0.580. The molecule has 0 atom stereocenters. The molecule has 1 aliphatic heterocycles. The van der Waals surface area contributed by atoms with Gasteiger partial charge < -0.3 is 10.6 Å². The largest absolute Gasteiger partial charge is 0.370 e. The van der Waals surface area contributed by atoms with Crippen LogP contribution in [0.4, 0.5) is 0 Å². The lowest BCUT2D eigenvalue weighted by molar-refractivity contribution is 0.446. The van der Waals surface area contributed by atoms with E-state index < -0.39 is 10.8 Å². The fourth-order valence-corrected chi connectivity index (χ4v) is 2.30. The SMILES string of the molecule is CC(C)CN=C(N)N1CCS(=O)CC1. The first-order valence-corrected chi connectivity index (χ1v) is 6.48. The summed E-state index contributed by atoms with van der Waals surface area (Å²) in [6, 6.07) is 0. The Balaban J connectivity index is 2.40. The summed E-state index contributed by atoms with van der Waals surface area (Å²) in [5, 5.41) is 0. The third-order valence-electron chi connectivity index (χ3n) is 2.12. The molecule has 0 aliphatic carbocycles. The summed E-state index contributed by atoms with van der Waals surface area (Å²) in [5.74, 6) is 2.58. The van der Waals surface area contributed by atoms with E-state index in [2.05, 4.69) is 18.8 Å². The maximum Gasteiger partial charge on any atom is 0.191 e. The molecule has 2 N–H and O–H groups in total. The highest BCUT2D eigenvalue weighted by Crippen LogP contribution is 2.00. The average molecular weight is 217 g/mol. The Morgan fingerprint density at radius 1 is 1.50 bits per heavy atom. The van der Waals surface area contributed by atoms with Crippen LogP contribution >= 0.6 is 0 Å². The summed E-state index contributed by atoms with van der Waals surface area (Å²) < 4.78 is 11.1. The van der Waals surface area contributed by atoms with Crippen LogP contribution < -0.4 is 5.73 Å². The van der Waals surface area contributed by atoms with Gasteiger partial charge in [-0.05, 0) is 5.92 Å². The van der Waals surface area contributed by atoms with E-state index in [1.165, 1.54) is 0 Å². The second kappa shape index (κ2) is 5.34. The Morgan fingerprint density at radius 2 is 2.07 bits per heavy atom. The summed E-state index contributed by atoms with van der Waals surface area (Å²) in [7, 11) is -0.642. The van der Waals surface area contributed by atoms with Crippen molar-refractivity contribution in [3.05, 3.63) is 0 Å². The lowest BCUT2D eigenvalue weighted by atomic mass is 10.2. The molecule has 0 aromatic rings. The molecule has 0 unspecified atom stereocenters. The molecule has 1 rings (SSSR count). The number of nitrogens with zero attached hydrogens (tertiary/aromatic N) is 2. The normalized spacial score (nSPS) is 20.5. The topological polar surface area (TPSA) is 58.7 Å². The van der Waals surface area contributed by atoms with E-state index in [1.54, 1.807) is 0 Å². The monoisotopic (exact) mass is 217 g/mol. The molecule has 0 aromatic heterocycles. The van der Waals surface area contributed by atoms with Gasteiger partial charge >= 0.3 is 0 Å². The number of aliphatic imine (C=N–C) groups is 1. The van der Waals surface area contributed by atoms with Crippen LogP contribution in [0.5, 0.6) is 0 Å². The lowest BCUT2D eigenvalue weighted by Gasteiger charge is -2.27. The molecule has 0 bridgehead atoms. The fourth-order valence-electron chi connectivity index (χ4n) is 1.24. The molecule has 14 heavy (non-hydrogen) atoms. The first-order valence-electron chi connectivity index (χ1n) is 4.99. The highest BCUT2D eigenvalue weighted by Gasteiger charge is 2.16. The molecule has 0 radical (unpaired) electrons. The van der Waals surface area contributed by atoms with Crippen LogP contribution in [0.1, 0.15) is 13.8 Å². The summed E-state index contributed by atoms with van der Waals surface area (Å²) in [4.78, 5) is 6.31. The second-order valence-electron chi connectivity index (χ2n) is 3.93. The van der Waals surface area contributed by atoms with E-state index in [1.807, 2.05) is 4.90 Å². The van der Waals surface area contributed by atoms with E-state index in [0.29, 0.717) is 11.9 Å². The number of hydrogen-bond donors (Lipinski definition) is 1. The number of hydrogen-bond acceptors (Lipinski definition) is 2. The first-order chi connectivity index (χ1) is 6.59. The van der Waals surface area contributed by atoms with Crippen molar-refractivity contribution in [2.24, 2.45) is 16.6 Å². The van der Waals surface area contributed by atoms with Crippen LogP contribution in [0.25, 0.3) is 0 Å². The van der Waals surface area contributed by atoms with E-state index in [4.69, 9.17) is 5.73 Å². The van der Waals surface area contributed by atoms with Gasteiger partial charge in [0.2, 0.25) is 0 Å². The van der Waals surface area contributed by atoms with E-state index in [9.17, 15) is 4.21 Å². The number of guanidine groups is 1. The highest BCUT2D eigenvalue weighted by molar-refractivity contribution is 7.85. The van der Waals surface area contributed by atoms with Crippen LogP contribution in [0.3, 0.4) is 0 Å². The van der Waals surface area contributed by atoms with E-state index in [0.717, 1.165) is 31.1 Å². The van der Waals surface area contributed by atoms with Gasteiger partial charge in [-0.1, -0.05) is 13.8 Å². The van der Waals surface area contributed by atoms with Gasteiger partial charge in [-0.15, -0.1) is 0 Å². The highest BCUT2D eigenvalue weighted by atomic mass is 32.2. The molecule has 1 aliphatic rings. The minimum atomic E-state index is -0.642. The van der Waals surface area contributed by atoms with Crippen LogP contribution in [0.2, 0.25) is 0 Å². The van der Waals surface area contributed by atoms with Crippen molar-refractivity contribution in [2.45, 2.75) is 13.8 Å². The molecule has 0 amide bonds. The van der Waals surface area contributed by atoms with Gasteiger partial charge in [0.1, 0.15) is 0 Å². The molecule has 4 nitrogen and oxygen atoms in total. The van der Waals surface area contributed by atoms with Crippen molar-refractivity contribution in [2.75, 3.05) is 31.1 Å². The standard InChI is InChI=1S/C9H19N3OS/c1-8(2)7-11-9(10)12-3-5-14(13)6-4-12/h8H,3-7H2,1-2H3,(H2,10,11). The molecule has 1 saturated heterocycles. The summed E-state index contributed by atoms with van der Waals surface area (Å²) in [5.41, 5.74) is 5.82.